The monoisotopic (exact) mass is 476 g/mol. The van der Waals surface area contributed by atoms with Gasteiger partial charge in [-0.3, -0.25) is 9.08 Å². The second-order valence-corrected chi connectivity index (χ2v) is 11.2. The first-order chi connectivity index (χ1) is 15.4. The molecule has 0 radical (unpaired) electrons. The molecular formula is C21H22F2N6O3S. The Bertz CT molecular complexity index is 1470. The SMILES string of the molecule is Cn1cc(COc2cc3ncc(-c4cc(F)c(N)nc4F)n3cc2S(=O)(=O)C(C)(C)C)cn1. The molecule has 174 valence electrons. The maximum Gasteiger partial charge on any atom is 0.224 e. The van der Waals surface area contributed by atoms with Gasteiger partial charge < -0.3 is 10.5 Å². The number of halogens is 2. The van der Waals surface area contributed by atoms with E-state index in [1.54, 1.807) is 44.9 Å². The van der Waals surface area contributed by atoms with Crippen molar-refractivity contribution in [3.05, 3.63) is 54.2 Å². The fourth-order valence-electron chi connectivity index (χ4n) is 3.20. The molecule has 2 N–H and O–H groups in total. The third-order valence-electron chi connectivity index (χ3n) is 5.06. The van der Waals surface area contributed by atoms with Crippen LogP contribution in [0.1, 0.15) is 26.3 Å². The summed E-state index contributed by atoms with van der Waals surface area (Å²) in [7, 11) is -2.14. The summed E-state index contributed by atoms with van der Waals surface area (Å²) in [5.74, 6) is -2.40. The molecule has 0 saturated carbocycles. The Morgan fingerprint density at radius 1 is 1.15 bits per heavy atom. The summed E-state index contributed by atoms with van der Waals surface area (Å²) in [6.45, 7) is 4.76. The van der Waals surface area contributed by atoms with Gasteiger partial charge in [0.1, 0.15) is 22.9 Å². The molecule has 33 heavy (non-hydrogen) atoms. The van der Waals surface area contributed by atoms with Crippen molar-refractivity contribution in [1.82, 2.24) is 24.1 Å². The van der Waals surface area contributed by atoms with Gasteiger partial charge in [-0.15, -0.1) is 0 Å². The average Bonchev–Trinajstić information content (AvgIpc) is 3.33. The van der Waals surface area contributed by atoms with E-state index in [-0.39, 0.29) is 34.2 Å². The third kappa shape index (κ3) is 4.01. The lowest BCUT2D eigenvalue weighted by atomic mass is 10.2. The van der Waals surface area contributed by atoms with Crippen LogP contribution in [0.5, 0.6) is 5.75 Å². The fourth-order valence-corrected chi connectivity index (χ4v) is 4.48. The lowest BCUT2D eigenvalue weighted by Gasteiger charge is -2.22. The van der Waals surface area contributed by atoms with E-state index in [2.05, 4.69) is 15.1 Å². The first kappa shape index (κ1) is 22.6. The summed E-state index contributed by atoms with van der Waals surface area (Å²) in [5.41, 5.74) is 6.25. The molecule has 0 saturated heterocycles. The predicted molar refractivity (Wildman–Crippen MR) is 117 cm³/mol. The number of nitrogen functional groups attached to an aromatic ring is 1. The number of hydrogen-bond donors (Lipinski definition) is 1. The highest BCUT2D eigenvalue weighted by atomic mass is 32.2. The number of anilines is 1. The van der Waals surface area contributed by atoms with E-state index >= 15 is 0 Å². The van der Waals surface area contributed by atoms with E-state index in [1.165, 1.54) is 22.9 Å². The maximum atomic E-state index is 14.5. The van der Waals surface area contributed by atoms with Crippen molar-refractivity contribution < 1.29 is 21.9 Å². The van der Waals surface area contributed by atoms with Gasteiger partial charge in [0, 0.05) is 31.1 Å². The van der Waals surface area contributed by atoms with Crippen molar-refractivity contribution >= 4 is 21.3 Å². The summed E-state index contributed by atoms with van der Waals surface area (Å²) in [6, 6.07) is 2.34. The Morgan fingerprint density at radius 2 is 1.88 bits per heavy atom. The van der Waals surface area contributed by atoms with Crippen LogP contribution < -0.4 is 10.5 Å². The zero-order chi connectivity index (χ0) is 24.1. The number of nitrogens with zero attached hydrogens (tertiary/aromatic N) is 5. The second kappa shape index (κ2) is 7.80. The molecule has 4 aromatic rings. The van der Waals surface area contributed by atoms with Crippen LogP contribution in [0.25, 0.3) is 16.9 Å². The molecule has 0 aromatic carbocycles. The summed E-state index contributed by atoms with van der Waals surface area (Å²) >= 11 is 0. The smallest absolute Gasteiger partial charge is 0.224 e. The predicted octanol–water partition coefficient (Wildman–Crippen LogP) is 3.14. The first-order valence-corrected chi connectivity index (χ1v) is 11.3. The molecule has 0 spiro atoms. The van der Waals surface area contributed by atoms with Gasteiger partial charge in [-0.25, -0.2) is 17.8 Å². The molecule has 4 heterocycles. The summed E-state index contributed by atoms with van der Waals surface area (Å²) in [6.07, 6.45) is 5.94. The Kier molecular flexibility index (Phi) is 5.35. The molecule has 0 aliphatic rings. The van der Waals surface area contributed by atoms with Gasteiger partial charge in [-0.1, -0.05) is 0 Å². The number of aromatic nitrogens is 5. The minimum atomic E-state index is -3.90. The van der Waals surface area contributed by atoms with Crippen LogP contribution >= 0.6 is 0 Å². The highest BCUT2D eigenvalue weighted by molar-refractivity contribution is 7.92. The Hall–Kier alpha value is -3.54. The molecule has 12 heteroatoms. The van der Waals surface area contributed by atoms with Gasteiger partial charge in [0.2, 0.25) is 5.95 Å². The van der Waals surface area contributed by atoms with E-state index in [1.807, 2.05) is 0 Å². The lowest BCUT2D eigenvalue weighted by molar-refractivity contribution is 0.297. The number of hydrogen-bond acceptors (Lipinski definition) is 7. The molecule has 0 bridgehead atoms. The number of nitrogens with two attached hydrogens (primary N) is 1. The Balaban J connectivity index is 1.90. The molecule has 4 aromatic heterocycles. The fraction of sp³-hybridized carbons (Fsp3) is 0.286. The minimum absolute atomic E-state index is 0.0754. The summed E-state index contributed by atoms with van der Waals surface area (Å²) in [4.78, 5) is 7.47. The Morgan fingerprint density at radius 3 is 2.52 bits per heavy atom. The molecule has 0 aliphatic heterocycles. The van der Waals surface area contributed by atoms with Crippen molar-refractivity contribution in [2.24, 2.45) is 7.05 Å². The van der Waals surface area contributed by atoms with E-state index in [0.29, 0.717) is 0 Å². The zero-order valence-corrected chi connectivity index (χ0v) is 19.2. The topological polar surface area (TPSA) is 117 Å². The molecular weight excluding hydrogens is 454 g/mol. The minimum Gasteiger partial charge on any atom is -0.487 e. The molecule has 0 atom stereocenters. The normalized spacial score (nSPS) is 12.4. The van der Waals surface area contributed by atoms with Crippen LogP contribution in [0.4, 0.5) is 14.6 Å². The van der Waals surface area contributed by atoms with Crippen LogP contribution in [-0.4, -0.2) is 37.3 Å². The summed E-state index contributed by atoms with van der Waals surface area (Å²) in [5, 5.41) is 4.07. The van der Waals surface area contributed by atoms with Crippen LogP contribution in [0.3, 0.4) is 0 Å². The number of aryl methyl sites for hydroxylation is 1. The van der Waals surface area contributed by atoms with E-state index in [9.17, 15) is 17.2 Å². The van der Waals surface area contributed by atoms with E-state index in [0.717, 1.165) is 11.6 Å². The lowest BCUT2D eigenvalue weighted by Crippen LogP contribution is -2.28. The van der Waals surface area contributed by atoms with Gasteiger partial charge in [0.05, 0.1) is 28.4 Å². The molecule has 9 nitrogen and oxygen atoms in total. The van der Waals surface area contributed by atoms with Crippen molar-refractivity contribution in [3.8, 4) is 17.0 Å². The zero-order valence-electron chi connectivity index (χ0n) is 18.4. The van der Waals surface area contributed by atoms with Crippen molar-refractivity contribution in [1.29, 1.82) is 0 Å². The van der Waals surface area contributed by atoms with Gasteiger partial charge >= 0.3 is 0 Å². The molecule has 0 amide bonds. The van der Waals surface area contributed by atoms with Crippen molar-refractivity contribution in [2.45, 2.75) is 37.0 Å². The largest absolute Gasteiger partial charge is 0.487 e. The van der Waals surface area contributed by atoms with Crippen LogP contribution in [0.2, 0.25) is 0 Å². The van der Waals surface area contributed by atoms with Crippen LogP contribution in [0, 0.1) is 11.8 Å². The average molecular weight is 477 g/mol. The number of sulfone groups is 1. The van der Waals surface area contributed by atoms with Gasteiger partial charge in [-0.05, 0) is 26.8 Å². The van der Waals surface area contributed by atoms with Crippen LogP contribution in [0.15, 0.2) is 41.8 Å². The number of rotatable bonds is 5. The first-order valence-electron chi connectivity index (χ1n) is 9.86. The number of imidazole rings is 1. The van der Waals surface area contributed by atoms with Crippen molar-refractivity contribution in [2.75, 3.05) is 5.73 Å². The number of fused-ring (bicyclic) bond motifs is 1. The highest BCUT2D eigenvalue weighted by Gasteiger charge is 2.34. The molecule has 4 rings (SSSR count). The third-order valence-corrected chi connectivity index (χ3v) is 7.55. The second-order valence-electron chi connectivity index (χ2n) is 8.49. The molecule has 0 fully saturated rings. The Labute approximate surface area is 188 Å². The molecule has 0 aliphatic carbocycles. The van der Waals surface area contributed by atoms with Crippen molar-refractivity contribution in [3.63, 3.8) is 0 Å². The summed E-state index contributed by atoms with van der Waals surface area (Å²) < 4.78 is 62.9. The standard InChI is InChI=1S/C21H22F2N6O3S/c1-21(2,3)33(30,31)17-10-29-15(13-5-14(22)20(24)27-19(13)23)8-25-18(29)6-16(17)32-11-12-7-26-28(4)9-12/h5-10H,11H2,1-4H3,(H2,24,27). The maximum absolute atomic E-state index is 14.5. The van der Waals surface area contributed by atoms with Gasteiger partial charge in [0.15, 0.2) is 21.5 Å². The number of pyridine rings is 2. The van der Waals surface area contributed by atoms with Gasteiger partial charge in [0.25, 0.3) is 0 Å². The van der Waals surface area contributed by atoms with E-state index < -0.39 is 32.2 Å². The molecule has 0 unspecified atom stereocenters. The van der Waals surface area contributed by atoms with Crippen LogP contribution in [-0.2, 0) is 23.5 Å². The quantitative estimate of drug-likeness (QED) is 0.440. The van der Waals surface area contributed by atoms with E-state index in [4.69, 9.17) is 10.5 Å². The highest BCUT2D eigenvalue weighted by Crippen LogP contribution is 2.35. The van der Waals surface area contributed by atoms with Gasteiger partial charge in [-0.2, -0.15) is 14.5 Å². The number of ether oxygens (including phenoxy) is 1.